The number of nitrogens with one attached hydrogen (secondary N) is 2. The summed E-state index contributed by atoms with van der Waals surface area (Å²) >= 11 is 0. The van der Waals surface area contributed by atoms with E-state index in [9.17, 15) is 18.0 Å². The molecule has 0 aromatic carbocycles. The number of carboxylic acids is 1. The van der Waals surface area contributed by atoms with Crippen LogP contribution in [0.2, 0.25) is 0 Å². The topological polar surface area (TPSA) is 113 Å². The number of carbonyl (C=O) groups excluding carboxylic acids is 1. The second-order valence-electron chi connectivity index (χ2n) is 5.44. The fraction of sp³-hybridized carbons (Fsp3) is 0.833. The van der Waals surface area contributed by atoms with Crippen LogP contribution in [0.1, 0.15) is 39.5 Å². The summed E-state index contributed by atoms with van der Waals surface area (Å²) in [6, 6.07) is -1.08. The molecule has 1 aliphatic rings. The Balaban J connectivity index is 2.60. The van der Waals surface area contributed by atoms with Gasteiger partial charge in [0.1, 0.15) is 5.54 Å². The van der Waals surface area contributed by atoms with Crippen molar-refractivity contribution < 1.29 is 23.1 Å². The van der Waals surface area contributed by atoms with Gasteiger partial charge >= 0.3 is 12.0 Å². The van der Waals surface area contributed by atoms with Gasteiger partial charge in [-0.25, -0.2) is 18.0 Å². The van der Waals surface area contributed by atoms with Crippen LogP contribution >= 0.6 is 0 Å². The Kier molecular flexibility index (Phi) is 5.38. The normalized spacial score (nSPS) is 24.4. The average Bonchev–Trinajstić information content (AvgIpc) is 2.26. The molecule has 1 rings (SSSR count). The van der Waals surface area contributed by atoms with E-state index in [4.69, 9.17) is 5.11 Å². The number of hydrogen-bond acceptors (Lipinski definition) is 4. The zero-order valence-corrected chi connectivity index (χ0v) is 12.6. The summed E-state index contributed by atoms with van der Waals surface area (Å²) in [4.78, 5) is 23.0. The first-order valence-corrected chi connectivity index (χ1v) is 8.53. The molecule has 2 atom stereocenters. The third kappa shape index (κ3) is 4.66. The fourth-order valence-electron chi connectivity index (χ4n) is 2.33. The summed E-state index contributed by atoms with van der Waals surface area (Å²) in [6.45, 7) is 3.27. The summed E-state index contributed by atoms with van der Waals surface area (Å²) in [5.41, 5.74) is -1.34. The lowest BCUT2D eigenvalue weighted by Crippen LogP contribution is -2.57. The van der Waals surface area contributed by atoms with E-state index in [1.807, 2.05) is 6.92 Å². The minimum atomic E-state index is -3.11. The Morgan fingerprint density at radius 1 is 1.40 bits per heavy atom. The van der Waals surface area contributed by atoms with E-state index in [0.717, 1.165) is 0 Å². The van der Waals surface area contributed by atoms with Crippen molar-refractivity contribution in [1.29, 1.82) is 0 Å². The Hall–Kier alpha value is -1.31. The maximum absolute atomic E-state index is 11.8. The van der Waals surface area contributed by atoms with Crippen LogP contribution < -0.4 is 10.6 Å². The molecule has 0 aliphatic carbocycles. The first-order valence-electron chi connectivity index (χ1n) is 6.71. The van der Waals surface area contributed by atoms with Crippen molar-refractivity contribution in [3.63, 3.8) is 0 Å². The van der Waals surface area contributed by atoms with Crippen molar-refractivity contribution in [3.8, 4) is 0 Å². The van der Waals surface area contributed by atoms with E-state index < -0.39 is 33.4 Å². The van der Waals surface area contributed by atoms with Crippen molar-refractivity contribution in [1.82, 2.24) is 10.6 Å². The van der Waals surface area contributed by atoms with E-state index in [1.54, 1.807) is 0 Å². The van der Waals surface area contributed by atoms with Crippen LogP contribution in [-0.4, -0.2) is 48.6 Å². The van der Waals surface area contributed by atoms with Crippen molar-refractivity contribution in [3.05, 3.63) is 0 Å². The molecule has 2 amide bonds. The van der Waals surface area contributed by atoms with E-state index in [0.29, 0.717) is 25.7 Å². The van der Waals surface area contributed by atoms with Crippen molar-refractivity contribution in [2.24, 2.45) is 0 Å². The highest BCUT2D eigenvalue weighted by Gasteiger charge is 2.35. The van der Waals surface area contributed by atoms with Crippen LogP contribution in [0, 0.1) is 0 Å². The molecule has 0 aromatic heterocycles. The molecule has 7 nitrogen and oxygen atoms in total. The number of sulfone groups is 1. The molecule has 1 aliphatic heterocycles. The molecule has 8 heteroatoms. The summed E-state index contributed by atoms with van der Waals surface area (Å²) in [5.74, 6) is -1.04. The minimum Gasteiger partial charge on any atom is -0.480 e. The van der Waals surface area contributed by atoms with Gasteiger partial charge in [-0.3, -0.25) is 0 Å². The highest BCUT2D eigenvalue weighted by molar-refractivity contribution is 7.91. The number of hydrogen-bond donors (Lipinski definition) is 3. The number of urea groups is 1. The molecule has 0 radical (unpaired) electrons. The van der Waals surface area contributed by atoms with Gasteiger partial charge < -0.3 is 15.7 Å². The zero-order chi connectivity index (χ0) is 15.4. The summed E-state index contributed by atoms with van der Waals surface area (Å²) in [5, 5.41) is 14.1. The average molecular weight is 306 g/mol. The fourth-order valence-corrected chi connectivity index (χ4v) is 3.97. The number of amides is 2. The molecule has 0 aromatic rings. The summed E-state index contributed by atoms with van der Waals surface area (Å²) in [7, 11) is -3.11. The molecule has 1 fully saturated rings. The van der Waals surface area contributed by atoms with Crippen LogP contribution in [0.4, 0.5) is 4.79 Å². The minimum absolute atomic E-state index is 0.0853. The molecule has 3 N–H and O–H groups in total. The number of carboxylic acid groups (broad SMARTS) is 1. The van der Waals surface area contributed by atoms with Gasteiger partial charge in [0.05, 0.1) is 11.5 Å². The Labute approximate surface area is 119 Å². The number of carbonyl (C=O) groups is 2. The van der Waals surface area contributed by atoms with Crippen LogP contribution in [0.3, 0.4) is 0 Å². The molecule has 0 saturated carbocycles. The largest absolute Gasteiger partial charge is 0.480 e. The molecular weight excluding hydrogens is 284 g/mol. The van der Waals surface area contributed by atoms with Crippen molar-refractivity contribution >= 4 is 21.8 Å². The van der Waals surface area contributed by atoms with Crippen LogP contribution in [0.25, 0.3) is 0 Å². The predicted molar refractivity (Wildman–Crippen MR) is 74.3 cm³/mol. The quantitative estimate of drug-likeness (QED) is 0.685. The molecule has 20 heavy (non-hydrogen) atoms. The molecule has 1 saturated heterocycles. The summed E-state index contributed by atoms with van der Waals surface area (Å²) < 4.78 is 22.9. The molecular formula is C12H22N2O5S. The molecule has 2 unspecified atom stereocenters. The van der Waals surface area contributed by atoms with Gasteiger partial charge in [-0.05, 0) is 26.2 Å². The monoisotopic (exact) mass is 306 g/mol. The van der Waals surface area contributed by atoms with Gasteiger partial charge in [-0.1, -0.05) is 13.3 Å². The van der Waals surface area contributed by atoms with Gasteiger partial charge in [0.25, 0.3) is 0 Å². The lowest BCUT2D eigenvalue weighted by molar-refractivity contribution is -0.144. The van der Waals surface area contributed by atoms with Gasteiger partial charge in [-0.2, -0.15) is 0 Å². The summed E-state index contributed by atoms with van der Waals surface area (Å²) in [6.07, 6.45) is 2.02. The highest BCUT2D eigenvalue weighted by Crippen LogP contribution is 2.14. The lowest BCUT2D eigenvalue weighted by Gasteiger charge is -2.28. The smallest absolute Gasteiger partial charge is 0.329 e. The third-order valence-electron chi connectivity index (χ3n) is 3.41. The van der Waals surface area contributed by atoms with Crippen molar-refractivity contribution in [2.45, 2.75) is 51.1 Å². The van der Waals surface area contributed by atoms with Crippen molar-refractivity contribution in [2.75, 3.05) is 11.5 Å². The maximum atomic E-state index is 11.8. The second kappa shape index (κ2) is 6.43. The van der Waals surface area contributed by atoms with Gasteiger partial charge in [0.15, 0.2) is 9.84 Å². The first kappa shape index (κ1) is 16.7. The maximum Gasteiger partial charge on any atom is 0.329 e. The molecule has 1 heterocycles. The standard InChI is InChI=1S/C12H22N2O5S/c1-3-6-12(2,10(15)16)14-11(17)13-9-5-4-7-20(18,19)8-9/h9H,3-8H2,1-2H3,(H,15,16)(H2,13,14,17). The second-order valence-corrected chi connectivity index (χ2v) is 7.67. The number of aliphatic carboxylic acids is 1. The van der Waals surface area contributed by atoms with E-state index >= 15 is 0 Å². The van der Waals surface area contributed by atoms with Gasteiger partial charge in [0, 0.05) is 6.04 Å². The molecule has 116 valence electrons. The van der Waals surface area contributed by atoms with E-state index in [1.165, 1.54) is 6.92 Å². The van der Waals surface area contributed by atoms with Gasteiger partial charge in [-0.15, -0.1) is 0 Å². The predicted octanol–water partition coefficient (Wildman–Crippen LogP) is 0.506. The SMILES string of the molecule is CCCC(C)(NC(=O)NC1CCCS(=O)(=O)C1)C(=O)O. The van der Waals surface area contributed by atoms with Crippen LogP contribution in [0.5, 0.6) is 0 Å². The Morgan fingerprint density at radius 2 is 2.05 bits per heavy atom. The van der Waals surface area contributed by atoms with Crippen LogP contribution in [0.15, 0.2) is 0 Å². The third-order valence-corrected chi connectivity index (χ3v) is 5.23. The lowest BCUT2D eigenvalue weighted by atomic mass is 9.96. The zero-order valence-electron chi connectivity index (χ0n) is 11.8. The number of rotatable bonds is 5. The molecule has 0 spiro atoms. The van der Waals surface area contributed by atoms with E-state index in [2.05, 4.69) is 10.6 Å². The molecule has 0 bridgehead atoms. The Morgan fingerprint density at radius 3 is 2.55 bits per heavy atom. The van der Waals surface area contributed by atoms with Gasteiger partial charge in [0.2, 0.25) is 0 Å². The highest BCUT2D eigenvalue weighted by atomic mass is 32.2. The Bertz CT molecular complexity index is 476. The van der Waals surface area contributed by atoms with E-state index in [-0.39, 0.29) is 11.5 Å². The first-order chi connectivity index (χ1) is 9.18. The van der Waals surface area contributed by atoms with Crippen LogP contribution in [-0.2, 0) is 14.6 Å².